The van der Waals surface area contributed by atoms with Crippen molar-refractivity contribution in [1.29, 1.82) is 10.5 Å². The molecule has 0 saturated carbocycles. The first-order valence-corrected chi connectivity index (χ1v) is 14.8. The fourth-order valence-corrected chi connectivity index (χ4v) is 2.83. The molecule has 0 aliphatic rings. The largest absolute Gasteiger partial charge is 0.526 e. The molecule has 0 atom stereocenters. The molecule has 0 bridgehead atoms. The van der Waals surface area contributed by atoms with Crippen LogP contribution in [0.4, 0.5) is 0 Å². The molecule has 17 nitrogen and oxygen atoms in total. The number of aliphatic hydroxyl groups excluding tert-OH is 1. The normalized spacial score (nSPS) is 9.02. The Kier molecular flexibility index (Phi) is 23.6. The van der Waals surface area contributed by atoms with E-state index in [2.05, 4.69) is 22.1 Å². The molecule has 19 heteroatoms. The first-order chi connectivity index (χ1) is 26.1. The fraction of sp³-hybridized carbons (Fsp3) is 0.0286. The van der Waals surface area contributed by atoms with Gasteiger partial charge in [0.05, 0.1) is 55.7 Å². The molecule has 0 aliphatic heterocycles. The predicted molar refractivity (Wildman–Crippen MR) is 188 cm³/mol. The molecule has 0 saturated heterocycles. The van der Waals surface area contributed by atoms with Crippen LogP contribution in [0.3, 0.4) is 0 Å². The molecule has 0 aromatic carbocycles. The molecule has 7 aromatic rings. The van der Waals surface area contributed by atoms with E-state index in [-0.39, 0.29) is 12.3 Å². The predicted octanol–water partition coefficient (Wildman–Crippen LogP) is 3.46. The second-order valence-electron chi connectivity index (χ2n) is 9.09. The Bertz CT molecular complexity index is 1870. The van der Waals surface area contributed by atoms with E-state index in [0.29, 0.717) is 40.4 Å². The summed E-state index contributed by atoms with van der Waals surface area (Å²) in [7, 11) is -2.89. The molecule has 0 amide bonds. The van der Waals surface area contributed by atoms with Crippen molar-refractivity contribution in [1.82, 2.24) is 0 Å². The van der Waals surface area contributed by atoms with Crippen molar-refractivity contribution in [3.63, 3.8) is 0 Å². The van der Waals surface area contributed by atoms with Crippen LogP contribution in [0.5, 0.6) is 0 Å². The highest BCUT2D eigenvalue weighted by atomic mass is 16.4. The molecular weight excluding hydrogens is 710 g/mol. The summed E-state index contributed by atoms with van der Waals surface area (Å²) >= 11 is 0. The minimum atomic E-state index is -1.48. The Morgan fingerprint density at radius 3 is 1.56 bits per heavy atom. The van der Waals surface area contributed by atoms with Crippen LogP contribution in [-0.4, -0.2) is 56.8 Å². The van der Waals surface area contributed by atoms with Crippen molar-refractivity contribution in [3.8, 4) is 12.1 Å². The SMILES string of the molecule is N#Cc1ccco1.N#Cc1ccoc1.O=C(O)/C=C/c1ccco1.O=Cc1ccco1.OB(O)c1ccco1.OB(O)c1ccoc1.OCc1ccco1. The average Bonchev–Trinajstić information content (AvgIpc) is 4.06. The molecule has 54 heavy (non-hydrogen) atoms. The van der Waals surface area contributed by atoms with E-state index in [9.17, 15) is 9.59 Å². The van der Waals surface area contributed by atoms with E-state index >= 15 is 0 Å². The molecule has 0 spiro atoms. The van der Waals surface area contributed by atoms with E-state index in [1.54, 1.807) is 60.7 Å². The maximum atomic E-state index is 9.97. The van der Waals surface area contributed by atoms with Gasteiger partial charge >= 0.3 is 20.2 Å². The topological polar surface area (TPSA) is 295 Å². The minimum absolute atomic E-state index is 0.00694. The van der Waals surface area contributed by atoms with Gasteiger partial charge < -0.3 is 61.2 Å². The molecule has 6 N–H and O–H groups in total. The number of nitrogens with zero attached hydrogens (tertiary/aromatic N) is 2. The molecule has 0 radical (unpaired) electrons. The Labute approximate surface area is 307 Å². The highest BCUT2D eigenvalue weighted by Crippen LogP contribution is 2.01. The Hall–Kier alpha value is -7.25. The molecule has 278 valence electrons. The molecule has 7 heterocycles. The highest BCUT2D eigenvalue weighted by molar-refractivity contribution is 6.58. The van der Waals surface area contributed by atoms with Crippen molar-refractivity contribution in [2.75, 3.05) is 0 Å². The van der Waals surface area contributed by atoms with E-state index in [4.69, 9.17) is 49.7 Å². The number of aldehydes is 1. The third kappa shape index (κ3) is 21.8. The van der Waals surface area contributed by atoms with Gasteiger partial charge in [-0.15, -0.1) is 0 Å². The lowest BCUT2D eigenvalue weighted by Crippen LogP contribution is -2.27. The number of carbonyl (C=O) groups excluding carboxylic acids is 1. The van der Waals surface area contributed by atoms with Gasteiger partial charge in [0.2, 0.25) is 5.76 Å². The lowest BCUT2D eigenvalue weighted by molar-refractivity contribution is -0.131. The standard InChI is InChI=1S/C7H6O3.2C5H3NO.C5H6O2.C5H4O2.2C4H5BO3/c8-7(9)4-3-6-2-1-5-10-6;6-3-5-1-2-7-4-5;3*6-4-5-2-1-3-7-5;6-5(7)4-1-2-8-3-4;6-5(7)4-2-1-3-8-4/h1-5H,(H,8,9);1-2,4H;1-3H;1-3,6H,4H2;1-4H;2*1-3,6-7H/b4-3+;;;;;;. The van der Waals surface area contributed by atoms with E-state index in [1.165, 1.54) is 74.6 Å². The van der Waals surface area contributed by atoms with Gasteiger partial charge in [0.25, 0.3) is 0 Å². The third-order valence-corrected chi connectivity index (χ3v) is 5.25. The van der Waals surface area contributed by atoms with E-state index < -0.39 is 20.2 Å². The number of aliphatic hydroxyl groups is 1. The second-order valence-corrected chi connectivity index (χ2v) is 9.09. The fourth-order valence-electron chi connectivity index (χ4n) is 2.83. The van der Waals surface area contributed by atoms with Gasteiger partial charge in [0, 0.05) is 11.5 Å². The Morgan fingerprint density at radius 1 is 0.667 bits per heavy atom. The number of nitriles is 2. The maximum Gasteiger partial charge on any atom is 0.526 e. The lowest BCUT2D eigenvalue weighted by atomic mass is 9.83. The zero-order valence-corrected chi connectivity index (χ0v) is 28.0. The Balaban J connectivity index is 0.000000316. The summed E-state index contributed by atoms with van der Waals surface area (Å²) in [6, 6.07) is 23.3. The zero-order chi connectivity index (χ0) is 39.8. The number of carbonyl (C=O) groups is 2. The van der Waals surface area contributed by atoms with Crippen LogP contribution in [-0.2, 0) is 11.4 Å². The van der Waals surface area contributed by atoms with Crippen LogP contribution in [0.2, 0.25) is 0 Å². The summed E-state index contributed by atoms with van der Waals surface area (Å²) in [5.41, 5.74) is 1.12. The number of carboxylic acid groups (broad SMARTS) is 1. The summed E-state index contributed by atoms with van der Waals surface area (Å²) < 4.78 is 32.5. The van der Waals surface area contributed by atoms with Gasteiger partial charge in [-0.05, 0) is 78.9 Å². The molecule has 0 aliphatic carbocycles. The minimum Gasteiger partial charge on any atom is -0.478 e. The van der Waals surface area contributed by atoms with Crippen LogP contribution in [0.25, 0.3) is 6.08 Å². The first kappa shape index (κ1) is 44.8. The summed E-state index contributed by atoms with van der Waals surface area (Å²) in [6.07, 6.45) is 16.0. The highest BCUT2D eigenvalue weighted by Gasteiger charge is 2.12. The van der Waals surface area contributed by atoms with Gasteiger partial charge in [-0.25, -0.2) is 4.79 Å². The number of hydrogen-bond donors (Lipinski definition) is 6. The van der Waals surface area contributed by atoms with Crippen LogP contribution >= 0.6 is 0 Å². The summed E-state index contributed by atoms with van der Waals surface area (Å²) in [6.45, 7) is -0.00694. The summed E-state index contributed by atoms with van der Waals surface area (Å²) in [5, 5.41) is 66.3. The quantitative estimate of drug-likeness (QED) is 0.0807. The van der Waals surface area contributed by atoms with Gasteiger partial charge in [-0.1, -0.05) is 0 Å². The van der Waals surface area contributed by atoms with Crippen molar-refractivity contribution in [2.45, 2.75) is 6.61 Å². The number of aliphatic carboxylic acids is 1. The van der Waals surface area contributed by atoms with Crippen LogP contribution in [0.1, 0.15) is 33.4 Å². The monoisotopic (exact) mass is 742 g/mol. The second kappa shape index (κ2) is 28.4. The average molecular weight is 742 g/mol. The summed E-state index contributed by atoms with van der Waals surface area (Å²) in [4.78, 5) is 19.7. The van der Waals surface area contributed by atoms with Crippen LogP contribution < -0.4 is 11.1 Å². The van der Waals surface area contributed by atoms with E-state index in [0.717, 1.165) is 6.08 Å². The lowest BCUT2D eigenvalue weighted by Gasteiger charge is -1.86. The van der Waals surface area contributed by atoms with Crippen LogP contribution in [0, 0.1) is 22.7 Å². The van der Waals surface area contributed by atoms with Crippen molar-refractivity contribution >= 4 is 43.7 Å². The molecule has 7 aromatic heterocycles. The smallest absolute Gasteiger partial charge is 0.478 e. The molecule has 0 fully saturated rings. The zero-order valence-electron chi connectivity index (χ0n) is 28.0. The van der Waals surface area contributed by atoms with Gasteiger partial charge in [0.15, 0.2) is 12.0 Å². The first-order valence-electron chi connectivity index (χ1n) is 14.8. The van der Waals surface area contributed by atoms with Crippen molar-refractivity contribution < 1.29 is 70.8 Å². The molecule has 7 rings (SSSR count). The number of hydrogen-bond acceptors (Lipinski definition) is 16. The summed E-state index contributed by atoms with van der Waals surface area (Å²) in [5.74, 6) is 0.916. The van der Waals surface area contributed by atoms with Crippen LogP contribution in [0.15, 0.2) is 166 Å². The number of carboxylic acids is 1. The molecular formula is C35H32B2N2O15. The van der Waals surface area contributed by atoms with E-state index in [1.807, 2.05) is 12.1 Å². The van der Waals surface area contributed by atoms with Gasteiger partial charge in [0.1, 0.15) is 42.2 Å². The van der Waals surface area contributed by atoms with Gasteiger partial charge in [-0.2, -0.15) is 10.5 Å². The Morgan fingerprint density at radius 2 is 1.26 bits per heavy atom. The third-order valence-electron chi connectivity index (χ3n) is 5.25. The van der Waals surface area contributed by atoms with Crippen molar-refractivity contribution in [3.05, 3.63) is 164 Å². The molecule has 0 unspecified atom stereocenters. The maximum absolute atomic E-state index is 9.97. The number of furan rings is 7. The number of rotatable bonds is 6. The van der Waals surface area contributed by atoms with Crippen molar-refractivity contribution in [2.24, 2.45) is 0 Å². The van der Waals surface area contributed by atoms with Gasteiger partial charge in [-0.3, -0.25) is 4.79 Å².